The zero-order valence-electron chi connectivity index (χ0n) is 17.1. The van der Waals surface area contributed by atoms with Gasteiger partial charge in [-0.05, 0) is 49.8 Å². The lowest BCUT2D eigenvalue weighted by Gasteiger charge is -2.35. The molecule has 0 spiro atoms. The summed E-state index contributed by atoms with van der Waals surface area (Å²) in [5.41, 5.74) is 2.29. The highest BCUT2D eigenvalue weighted by atomic mass is 16.1. The predicted molar refractivity (Wildman–Crippen MR) is 118 cm³/mol. The highest BCUT2D eigenvalue weighted by molar-refractivity contribution is 6.00. The number of fused-ring (bicyclic) bond motifs is 1. The van der Waals surface area contributed by atoms with Crippen LogP contribution in [0.25, 0.3) is 10.9 Å². The average molecular weight is 403 g/mol. The molecule has 5 rings (SSSR count). The minimum Gasteiger partial charge on any atom is -0.382 e. The van der Waals surface area contributed by atoms with Gasteiger partial charge in [0.15, 0.2) is 0 Å². The van der Waals surface area contributed by atoms with Crippen LogP contribution >= 0.6 is 0 Å². The molecule has 7 nitrogen and oxygen atoms in total. The number of amides is 1. The summed E-state index contributed by atoms with van der Waals surface area (Å²) in [7, 11) is 0. The number of nitrogens with one attached hydrogen (secondary N) is 3. The number of hydrogen-bond donors (Lipinski definition) is 3. The first-order valence-electron chi connectivity index (χ1n) is 10.7. The maximum atomic E-state index is 12.9. The summed E-state index contributed by atoms with van der Waals surface area (Å²) < 4.78 is 0. The molecule has 3 aromatic rings. The van der Waals surface area contributed by atoms with Gasteiger partial charge in [0.05, 0.1) is 16.8 Å². The maximum absolute atomic E-state index is 12.9. The van der Waals surface area contributed by atoms with Gasteiger partial charge in [-0.1, -0.05) is 13.3 Å². The van der Waals surface area contributed by atoms with Crippen LogP contribution in [0.3, 0.4) is 0 Å². The first kappa shape index (κ1) is 18.8. The molecular weight excluding hydrogens is 376 g/mol. The molecule has 2 aliphatic carbocycles. The van der Waals surface area contributed by atoms with Crippen molar-refractivity contribution in [2.24, 2.45) is 5.92 Å². The summed E-state index contributed by atoms with van der Waals surface area (Å²) in [4.78, 5) is 26.1. The van der Waals surface area contributed by atoms with Crippen molar-refractivity contribution in [1.29, 1.82) is 0 Å². The summed E-state index contributed by atoms with van der Waals surface area (Å²) in [6.07, 6.45) is 10.8. The fourth-order valence-corrected chi connectivity index (χ4v) is 3.89. The summed E-state index contributed by atoms with van der Waals surface area (Å²) >= 11 is 0. The van der Waals surface area contributed by atoms with Crippen LogP contribution in [0.1, 0.15) is 49.4 Å². The summed E-state index contributed by atoms with van der Waals surface area (Å²) in [5.74, 6) is 2.06. The zero-order valence-corrected chi connectivity index (χ0v) is 17.1. The Labute approximate surface area is 175 Å². The summed E-state index contributed by atoms with van der Waals surface area (Å²) in [6, 6.07) is 8.38. The van der Waals surface area contributed by atoms with Gasteiger partial charge in [0, 0.05) is 42.1 Å². The second-order valence-corrected chi connectivity index (χ2v) is 8.34. The van der Waals surface area contributed by atoms with E-state index in [-0.39, 0.29) is 11.9 Å². The third-order valence-corrected chi connectivity index (χ3v) is 5.98. The lowest BCUT2D eigenvalue weighted by atomic mass is 9.78. The predicted octanol–water partition coefficient (Wildman–Crippen LogP) is 4.26. The monoisotopic (exact) mass is 402 g/mol. The van der Waals surface area contributed by atoms with Gasteiger partial charge < -0.3 is 16.0 Å². The molecule has 3 aromatic heterocycles. The molecule has 3 N–H and O–H groups in total. The Balaban J connectivity index is 1.34. The molecular formula is C23H26N6O. The van der Waals surface area contributed by atoms with Gasteiger partial charge in [-0.15, -0.1) is 0 Å². The number of anilines is 3. The van der Waals surface area contributed by atoms with Crippen molar-refractivity contribution < 1.29 is 4.79 Å². The van der Waals surface area contributed by atoms with Crippen molar-refractivity contribution >= 4 is 34.1 Å². The third-order valence-electron chi connectivity index (χ3n) is 5.98. The molecule has 7 heteroatoms. The molecule has 2 aliphatic rings. The van der Waals surface area contributed by atoms with E-state index >= 15 is 0 Å². The van der Waals surface area contributed by atoms with E-state index in [9.17, 15) is 4.79 Å². The molecule has 0 radical (unpaired) electrons. The molecule has 3 heterocycles. The van der Waals surface area contributed by atoms with E-state index in [1.54, 1.807) is 18.6 Å². The standard InChI is InChI=1S/C23H26N6O/c1-2-14-9-17(10-14)27-23(30)18-13-25-22(11-20(18)26-16-4-5-16)29-21-6-3-15-12-24-8-7-19(15)28-21/h3,6-8,11-14,16-17H,2,4-5,9-10H2,1H3,(H,27,30)(H2,25,26,28,29)/t14-,17-. The smallest absolute Gasteiger partial charge is 0.255 e. The molecule has 154 valence electrons. The van der Waals surface area contributed by atoms with E-state index < -0.39 is 0 Å². The average Bonchev–Trinajstić information content (AvgIpc) is 3.54. The minimum absolute atomic E-state index is 0.0481. The Hall–Kier alpha value is -3.22. The van der Waals surface area contributed by atoms with Gasteiger partial charge >= 0.3 is 0 Å². The molecule has 0 aromatic carbocycles. The molecule has 30 heavy (non-hydrogen) atoms. The van der Waals surface area contributed by atoms with Crippen molar-refractivity contribution in [2.45, 2.75) is 51.1 Å². The summed E-state index contributed by atoms with van der Waals surface area (Å²) in [6.45, 7) is 2.21. The largest absolute Gasteiger partial charge is 0.382 e. The highest BCUT2D eigenvalue weighted by Crippen LogP contribution is 2.32. The minimum atomic E-state index is -0.0481. The van der Waals surface area contributed by atoms with Crippen LogP contribution in [-0.2, 0) is 0 Å². The van der Waals surface area contributed by atoms with E-state index in [1.807, 2.05) is 24.3 Å². The molecule has 0 bridgehead atoms. The second kappa shape index (κ2) is 7.89. The first-order chi connectivity index (χ1) is 14.7. The lowest BCUT2D eigenvalue weighted by Crippen LogP contribution is -2.44. The van der Waals surface area contributed by atoms with Crippen molar-refractivity contribution in [3.05, 3.63) is 48.4 Å². The topological polar surface area (TPSA) is 91.8 Å². The Bertz CT molecular complexity index is 1070. The fourth-order valence-electron chi connectivity index (χ4n) is 3.89. The van der Waals surface area contributed by atoms with Crippen molar-refractivity contribution in [3.63, 3.8) is 0 Å². The number of pyridine rings is 3. The fraction of sp³-hybridized carbons (Fsp3) is 0.391. The Morgan fingerprint density at radius 2 is 1.97 bits per heavy atom. The maximum Gasteiger partial charge on any atom is 0.255 e. The normalized spacial score (nSPS) is 20.4. The SMILES string of the molecule is CC[C@H]1C[C@H](NC(=O)c2cnc(Nc3ccc4cnccc4n3)cc2NC2CC2)C1. The number of carbonyl (C=O) groups is 1. The van der Waals surface area contributed by atoms with Gasteiger partial charge in [0.1, 0.15) is 11.6 Å². The van der Waals surface area contributed by atoms with Crippen LogP contribution in [-0.4, -0.2) is 32.9 Å². The van der Waals surface area contributed by atoms with E-state index in [1.165, 1.54) is 6.42 Å². The van der Waals surface area contributed by atoms with E-state index in [2.05, 4.69) is 37.8 Å². The van der Waals surface area contributed by atoms with Crippen LogP contribution in [0.2, 0.25) is 0 Å². The van der Waals surface area contributed by atoms with E-state index in [4.69, 9.17) is 0 Å². The number of rotatable bonds is 7. The van der Waals surface area contributed by atoms with Crippen LogP contribution in [0.4, 0.5) is 17.3 Å². The van der Waals surface area contributed by atoms with Gasteiger partial charge in [-0.25, -0.2) is 9.97 Å². The lowest BCUT2D eigenvalue weighted by molar-refractivity contribution is 0.0888. The van der Waals surface area contributed by atoms with Crippen LogP contribution in [0.15, 0.2) is 42.9 Å². The van der Waals surface area contributed by atoms with Crippen molar-refractivity contribution in [2.75, 3.05) is 10.6 Å². The van der Waals surface area contributed by atoms with Gasteiger partial charge in [0.25, 0.3) is 5.91 Å². The molecule has 2 fully saturated rings. The molecule has 0 aliphatic heterocycles. The first-order valence-corrected chi connectivity index (χ1v) is 10.7. The zero-order chi connectivity index (χ0) is 20.5. The van der Waals surface area contributed by atoms with Crippen LogP contribution < -0.4 is 16.0 Å². The molecule has 0 unspecified atom stereocenters. The van der Waals surface area contributed by atoms with Crippen molar-refractivity contribution in [1.82, 2.24) is 20.3 Å². The Morgan fingerprint density at radius 1 is 1.10 bits per heavy atom. The van der Waals surface area contributed by atoms with Crippen LogP contribution in [0, 0.1) is 5.92 Å². The Kier molecular flexibility index (Phi) is 4.94. The molecule has 1 amide bonds. The number of nitrogens with zero attached hydrogens (tertiary/aromatic N) is 3. The van der Waals surface area contributed by atoms with Crippen molar-refractivity contribution in [3.8, 4) is 0 Å². The number of carbonyl (C=O) groups excluding carboxylic acids is 1. The second-order valence-electron chi connectivity index (χ2n) is 8.34. The quantitative estimate of drug-likeness (QED) is 0.547. The number of hydrogen-bond acceptors (Lipinski definition) is 6. The Morgan fingerprint density at radius 3 is 2.77 bits per heavy atom. The van der Waals surface area contributed by atoms with Gasteiger partial charge in [-0.3, -0.25) is 9.78 Å². The van der Waals surface area contributed by atoms with Crippen LogP contribution in [0.5, 0.6) is 0 Å². The highest BCUT2D eigenvalue weighted by Gasteiger charge is 2.30. The van der Waals surface area contributed by atoms with E-state index in [0.29, 0.717) is 23.2 Å². The summed E-state index contributed by atoms with van der Waals surface area (Å²) in [5, 5.41) is 10.9. The molecule has 0 atom stereocenters. The molecule has 0 saturated heterocycles. The number of aromatic nitrogens is 3. The third kappa shape index (κ3) is 4.06. The molecule has 2 saturated carbocycles. The van der Waals surface area contributed by atoms with Gasteiger partial charge in [-0.2, -0.15) is 0 Å². The van der Waals surface area contributed by atoms with E-state index in [0.717, 1.165) is 48.2 Å². The van der Waals surface area contributed by atoms with Gasteiger partial charge in [0.2, 0.25) is 0 Å².